The number of aryl methyl sites for hydroxylation is 1. The Balaban J connectivity index is 1.45. The number of rotatable bonds is 11. The van der Waals surface area contributed by atoms with E-state index in [1.165, 1.54) is 33.8 Å². The Morgan fingerprint density at radius 3 is 2.47 bits per heavy atom. The summed E-state index contributed by atoms with van der Waals surface area (Å²) in [5.41, 5.74) is 1.30. The number of thiocarbonyl (C=S) groups is 1. The van der Waals surface area contributed by atoms with Crippen LogP contribution in [0.4, 0.5) is 22.9 Å². The third kappa shape index (κ3) is 6.78. The molecule has 1 unspecified atom stereocenters. The summed E-state index contributed by atoms with van der Waals surface area (Å²) in [4.78, 5) is 44.1. The molecule has 1 aliphatic heterocycles. The van der Waals surface area contributed by atoms with E-state index in [-0.39, 0.29) is 35.3 Å². The topological polar surface area (TPSA) is 170 Å². The minimum Gasteiger partial charge on any atom is -0.862 e. The Bertz CT molecular complexity index is 1760. The summed E-state index contributed by atoms with van der Waals surface area (Å²) < 4.78 is 12.3. The smallest absolute Gasteiger partial charge is 0.307 e. The number of ether oxygens (including phenoxy) is 1. The number of carbonyl (C=O) groups excluding carboxylic acids is 2. The molecule has 14 nitrogen and oxygen atoms in total. The summed E-state index contributed by atoms with van der Waals surface area (Å²) >= 11 is 5.77. The summed E-state index contributed by atoms with van der Waals surface area (Å²) in [6.07, 6.45) is -0.357. The molecular weight excluding hydrogens is 602 g/mol. The van der Waals surface area contributed by atoms with Gasteiger partial charge in [-0.1, -0.05) is 18.2 Å². The number of nitro benzene ring substituents is 1. The maximum Gasteiger partial charge on any atom is 0.307 e. The summed E-state index contributed by atoms with van der Waals surface area (Å²) in [5, 5.41) is 30.9. The molecule has 15 heteroatoms. The number of hydrogen-bond donors (Lipinski definition) is 1. The Kier molecular flexibility index (Phi) is 9.09. The van der Waals surface area contributed by atoms with Crippen LogP contribution in [0.5, 0.6) is 5.75 Å². The largest absolute Gasteiger partial charge is 0.862 e. The molecule has 230 valence electrons. The Morgan fingerprint density at radius 1 is 1.13 bits per heavy atom. The normalized spacial score (nSPS) is 15.0. The van der Waals surface area contributed by atoms with Crippen LogP contribution in [0.2, 0.25) is 0 Å². The van der Waals surface area contributed by atoms with Gasteiger partial charge in [0.25, 0.3) is 23.2 Å². The highest BCUT2D eigenvalue weighted by atomic mass is 32.1. The molecule has 0 bridgehead atoms. The van der Waals surface area contributed by atoms with Crippen LogP contribution >= 0.6 is 12.2 Å². The highest BCUT2D eigenvalue weighted by Gasteiger charge is 2.45. The van der Waals surface area contributed by atoms with Gasteiger partial charge in [-0.15, -0.1) is 0 Å². The van der Waals surface area contributed by atoms with Gasteiger partial charge >= 0.3 is 5.88 Å². The number of nitrogens with zero attached hydrogens (tertiary/aromatic N) is 6. The van der Waals surface area contributed by atoms with Gasteiger partial charge in [0.2, 0.25) is 5.27 Å². The number of non-ortho nitro benzene ring substituents is 1. The highest BCUT2D eigenvalue weighted by Crippen LogP contribution is 2.31. The van der Waals surface area contributed by atoms with Crippen molar-refractivity contribution in [1.82, 2.24) is 10.2 Å². The Morgan fingerprint density at radius 2 is 1.82 bits per heavy atom. The molecule has 2 heterocycles. The van der Waals surface area contributed by atoms with Crippen molar-refractivity contribution >= 4 is 58.0 Å². The zero-order chi connectivity index (χ0) is 32.1. The molecule has 1 N–H and O–H groups in total. The van der Waals surface area contributed by atoms with E-state index in [0.29, 0.717) is 29.3 Å². The lowest BCUT2D eigenvalue weighted by molar-refractivity contribution is -0.746. The molecule has 2 amide bonds. The van der Waals surface area contributed by atoms with Gasteiger partial charge in [0.15, 0.2) is 12.2 Å². The standard InChI is InChI=1S/C30H27N7O7S/c1-3-43-23-15-13-21(14-16-23)36-29(40)24(17-26(38)31-20-9-11-22(12-10-20)37(41)42)35(30(36)45)18-25-28(44-33-34(25)2)32-27(39)19-7-5-4-6-8-19/h4-16,24H,3,17-18H2,1-2H3,(H-,31,32,33,38,39). The van der Waals surface area contributed by atoms with Gasteiger partial charge in [0.05, 0.1) is 22.9 Å². The van der Waals surface area contributed by atoms with Crippen molar-refractivity contribution in [2.75, 3.05) is 16.8 Å². The number of nitro groups is 1. The van der Waals surface area contributed by atoms with Gasteiger partial charge in [-0.3, -0.25) is 39.4 Å². The molecule has 3 aromatic carbocycles. The van der Waals surface area contributed by atoms with Crippen LogP contribution in [0, 0.1) is 10.1 Å². The van der Waals surface area contributed by atoms with Crippen LogP contribution in [0.3, 0.4) is 0 Å². The van der Waals surface area contributed by atoms with Gasteiger partial charge in [-0.05, 0) is 78.3 Å². The van der Waals surface area contributed by atoms with Crippen LogP contribution in [0.25, 0.3) is 0 Å². The number of aliphatic imine (C=N–C) groups is 1. The SMILES string of the molecule is CCOc1ccc(N2C(=O)C(CC([O-])=Nc3ccc([N+](=O)[O-])cc3)N(Cc3c(NC(=O)c4ccccc4)on[n+]3C)C2=S)cc1. The van der Waals surface area contributed by atoms with E-state index >= 15 is 0 Å². The third-order valence-corrected chi connectivity index (χ3v) is 7.31. The highest BCUT2D eigenvalue weighted by molar-refractivity contribution is 7.80. The maximum absolute atomic E-state index is 13.9. The maximum atomic E-state index is 13.9. The molecule has 1 atom stereocenters. The fourth-order valence-corrected chi connectivity index (χ4v) is 5.05. The monoisotopic (exact) mass is 629 g/mol. The summed E-state index contributed by atoms with van der Waals surface area (Å²) in [6.45, 7) is 2.27. The van der Waals surface area contributed by atoms with Gasteiger partial charge in [0, 0.05) is 24.1 Å². The average molecular weight is 630 g/mol. The van der Waals surface area contributed by atoms with Crippen LogP contribution < -0.4 is 24.7 Å². The van der Waals surface area contributed by atoms with Crippen molar-refractivity contribution in [2.45, 2.75) is 25.9 Å². The van der Waals surface area contributed by atoms with E-state index in [9.17, 15) is 24.8 Å². The van der Waals surface area contributed by atoms with E-state index in [0.717, 1.165) is 0 Å². The van der Waals surface area contributed by atoms with E-state index in [4.69, 9.17) is 21.5 Å². The lowest BCUT2D eigenvalue weighted by atomic mass is 10.1. The van der Waals surface area contributed by atoms with Crippen LogP contribution in [-0.2, 0) is 18.4 Å². The first-order valence-electron chi connectivity index (χ1n) is 13.7. The summed E-state index contributed by atoms with van der Waals surface area (Å²) in [7, 11) is 1.60. The van der Waals surface area contributed by atoms with Crippen LogP contribution in [0.15, 0.2) is 88.4 Å². The molecular formula is C30H27N7O7S. The number of anilines is 2. The van der Waals surface area contributed by atoms with E-state index in [2.05, 4.69) is 15.6 Å². The molecule has 5 rings (SSSR count). The lowest BCUT2D eigenvalue weighted by Crippen LogP contribution is -2.43. The third-order valence-electron chi connectivity index (χ3n) is 6.90. The molecule has 0 spiro atoms. The first kappa shape index (κ1) is 30.7. The van der Waals surface area contributed by atoms with Crippen molar-refractivity contribution in [3.63, 3.8) is 0 Å². The summed E-state index contributed by atoms with van der Waals surface area (Å²) in [5.74, 6) is -0.888. The van der Waals surface area contributed by atoms with Crippen molar-refractivity contribution in [3.8, 4) is 5.75 Å². The molecule has 0 radical (unpaired) electrons. The molecule has 1 fully saturated rings. The fraction of sp³-hybridized carbons (Fsp3) is 0.200. The number of carbonyl (C=O) groups is 2. The number of aromatic nitrogens is 2. The zero-order valence-corrected chi connectivity index (χ0v) is 25.0. The fourth-order valence-electron chi connectivity index (χ4n) is 4.66. The quantitative estimate of drug-likeness (QED) is 0.0650. The molecule has 1 saturated heterocycles. The Hall–Kier alpha value is -5.70. The molecule has 45 heavy (non-hydrogen) atoms. The summed E-state index contributed by atoms with van der Waals surface area (Å²) in [6, 6.07) is 19.4. The zero-order valence-electron chi connectivity index (χ0n) is 24.2. The second kappa shape index (κ2) is 13.3. The Labute approximate surface area is 262 Å². The minimum absolute atomic E-state index is 0.0433. The van der Waals surface area contributed by atoms with Crippen LogP contribution in [-0.4, -0.2) is 50.6 Å². The number of hydrogen-bond acceptors (Lipinski definition) is 10. The number of benzene rings is 3. The number of nitrogens with one attached hydrogen (secondary N) is 1. The predicted octanol–water partition coefficient (Wildman–Crippen LogP) is 3.04. The second-order valence-electron chi connectivity index (χ2n) is 9.80. The van der Waals surface area contributed by atoms with Crippen LogP contribution in [0.1, 0.15) is 29.4 Å². The van der Waals surface area contributed by atoms with Crippen molar-refractivity contribution in [2.24, 2.45) is 12.0 Å². The lowest BCUT2D eigenvalue weighted by Gasteiger charge is -2.24. The van der Waals surface area contributed by atoms with E-state index in [1.54, 1.807) is 66.5 Å². The minimum atomic E-state index is -1.08. The molecule has 0 saturated carbocycles. The van der Waals surface area contributed by atoms with E-state index in [1.807, 2.05) is 6.92 Å². The number of amides is 2. The van der Waals surface area contributed by atoms with Crippen molar-refractivity contribution in [1.29, 1.82) is 0 Å². The molecule has 4 aromatic rings. The van der Waals surface area contributed by atoms with Crippen molar-refractivity contribution < 1.29 is 33.6 Å². The van der Waals surface area contributed by atoms with Crippen molar-refractivity contribution in [3.05, 3.63) is 100 Å². The average Bonchev–Trinajstić information content (AvgIpc) is 3.49. The molecule has 0 aliphatic carbocycles. The molecule has 1 aromatic heterocycles. The van der Waals surface area contributed by atoms with Gasteiger partial charge in [-0.2, -0.15) is 0 Å². The first-order chi connectivity index (χ1) is 21.7. The first-order valence-corrected chi connectivity index (χ1v) is 14.1. The second-order valence-corrected chi connectivity index (χ2v) is 10.2. The van der Waals surface area contributed by atoms with Gasteiger partial charge in [0.1, 0.15) is 18.3 Å². The molecule has 1 aliphatic rings. The predicted molar refractivity (Wildman–Crippen MR) is 164 cm³/mol. The van der Waals surface area contributed by atoms with Gasteiger partial charge < -0.3 is 14.7 Å². The van der Waals surface area contributed by atoms with Gasteiger partial charge in [-0.25, -0.2) is 0 Å². The van der Waals surface area contributed by atoms with E-state index < -0.39 is 28.7 Å².